The lowest BCUT2D eigenvalue weighted by molar-refractivity contribution is -0.129. The summed E-state index contributed by atoms with van der Waals surface area (Å²) in [5, 5.41) is 10.7. The average Bonchev–Trinajstić information content (AvgIpc) is 2.74. The van der Waals surface area contributed by atoms with E-state index in [9.17, 15) is 10.1 Å². The molecule has 0 aromatic heterocycles. The van der Waals surface area contributed by atoms with Crippen LogP contribution in [0.4, 0.5) is 5.69 Å². The van der Waals surface area contributed by atoms with Crippen LogP contribution in [0.25, 0.3) is 0 Å². The van der Waals surface area contributed by atoms with Crippen LogP contribution in [0.1, 0.15) is 43.2 Å². The number of benzene rings is 2. The molecule has 2 aromatic carbocycles. The lowest BCUT2D eigenvalue weighted by atomic mass is 9.85. The lowest BCUT2D eigenvalue weighted by Gasteiger charge is -2.42. The summed E-state index contributed by atoms with van der Waals surface area (Å²) < 4.78 is 1.03. The first-order valence-corrected chi connectivity index (χ1v) is 11.4. The maximum Gasteiger partial charge on any atom is 0.229 e. The maximum absolute atomic E-state index is 13.0. The summed E-state index contributed by atoms with van der Waals surface area (Å²) in [4.78, 5) is 16.9. The zero-order valence-electron chi connectivity index (χ0n) is 16.4. The van der Waals surface area contributed by atoms with Gasteiger partial charge in [0.1, 0.15) is 0 Å². The van der Waals surface area contributed by atoms with Gasteiger partial charge in [0.05, 0.1) is 29.2 Å². The molecular formula is C23H22BrN3OS. The van der Waals surface area contributed by atoms with E-state index < -0.39 is 0 Å². The number of fused-ring (bicyclic) bond motifs is 1. The van der Waals surface area contributed by atoms with Crippen molar-refractivity contribution in [3.05, 3.63) is 74.7 Å². The average molecular weight is 468 g/mol. The zero-order chi connectivity index (χ0) is 20.5. The van der Waals surface area contributed by atoms with Crippen molar-refractivity contribution in [1.82, 2.24) is 4.90 Å². The van der Waals surface area contributed by atoms with Crippen molar-refractivity contribution < 1.29 is 4.79 Å². The van der Waals surface area contributed by atoms with Crippen LogP contribution in [0, 0.1) is 11.3 Å². The third kappa shape index (κ3) is 3.94. The standard InChI is InChI=1S/C23H22BrN3OS/c1-15(2)16-3-5-17(6-4-16)20-11-22(28)27-13-26(14-29-23(27)21(20)12-25)19-9-7-18(24)8-10-19/h3-10,15,20H,11,13-14H2,1-2H3/t20-/m1/s1. The fourth-order valence-electron chi connectivity index (χ4n) is 3.78. The van der Waals surface area contributed by atoms with Gasteiger partial charge in [0.2, 0.25) is 5.91 Å². The van der Waals surface area contributed by atoms with E-state index in [-0.39, 0.29) is 11.8 Å². The number of amides is 1. The SMILES string of the molecule is CC(C)c1ccc([C@H]2CC(=O)N3CN(c4ccc(Br)cc4)CSC3=C2C#N)cc1. The Kier molecular flexibility index (Phi) is 5.71. The van der Waals surface area contributed by atoms with Crippen molar-refractivity contribution >= 4 is 39.3 Å². The Morgan fingerprint density at radius 1 is 1.14 bits per heavy atom. The van der Waals surface area contributed by atoms with Gasteiger partial charge in [0.15, 0.2) is 0 Å². The first kappa shape index (κ1) is 20.1. The van der Waals surface area contributed by atoms with Gasteiger partial charge in [-0.2, -0.15) is 5.26 Å². The third-order valence-corrected chi connectivity index (χ3v) is 7.17. The van der Waals surface area contributed by atoms with Gasteiger partial charge in [0.25, 0.3) is 0 Å². The van der Waals surface area contributed by atoms with E-state index >= 15 is 0 Å². The number of carbonyl (C=O) groups is 1. The number of allylic oxidation sites excluding steroid dienone is 1. The van der Waals surface area contributed by atoms with Crippen molar-refractivity contribution in [2.75, 3.05) is 17.4 Å². The van der Waals surface area contributed by atoms with E-state index in [1.54, 1.807) is 16.7 Å². The van der Waals surface area contributed by atoms with Crippen LogP contribution >= 0.6 is 27.7 Å². The molecule has 2 aliphatic rings. The second-order valence-electron chi connectivity index (χ2n) is 7.66. The molecule has 0 N–H and O–H groups in total. The van der Waals surface area contributed by atoms with Crippen molar-refractivity contribution in [2.45, 2.75) is 32.1 Å². The van der Waals surface area contributed by atoms with Gasteiger partial charge in [-0.3, -0.25) is 9.69 Å². The highest BCUT2D eigenvalue weighted by atomic mass is 79.9. The number of nitriles is 1. The monoisotopic (exact) mass is 467 g/mol. The van der Waals surface area contributed by atoms with E-state index in [1.807, 2.05) is 24.3 Å². The fourth-order valence-corrected chi connectivity index (χ4v) is 5.21. The Morgan fingerprint density at radius 3 is 2.45 bits per heavy atom. The number of hydrogen-bond donors (Lipinski definition) is 0. The van der Waals surface area contributed by atoms with Crippen LogP contribution < -0.4 is 4.90 Å². The highest BCUT2D eigenvalue weighted by molar-refractivity contribution is 9.10. The Labute approximate surface area is 184 Å². The minimum atomic E-state index is -0.160. The van der Waals surface area contributed by atoms with E-state index in [1.165, 1.54) is 5.56 Å². The molecule has 2 aromatic rings. The molecule has 1 amide bonds. The molecule has 0 unspecified atom stereocenters. The topological polar surface area (TPSA) is 47.3 Å². The number of nitrogens with zero attached hydrogens (tertiary/aromatic N) is 3. The van der Waals surface area contributed by atoms with Gasteiger partial charge in [-0.25, -0.2) is 0 Å². The molecule has 4 rings (SSSR count). The van der Waals surface area contributed by atoms with Crippen LogP contribution in [0.15, 0.2) is 63.6 Å². The first-order chi connectivity index (χ1) is 14.0. The van der Waals surface area contributed by atoms with Gasteiger partial charge < -0.3 is 4.90 Å². The molecule has 148 valence electrons. The number of carbonyl (C=O) groups excluding carboxylic acids is 1. The summed E-state index contributed by atoms with van der Waals surface area (Å²) >= 11 is 5.03. The number of anilines is 1. The summed E-state index contributed by atoms with van der Waals surface area (Å²) in [7, 11) is 0. The van der Waals surface area contributed by atoms with Gasteiger partial charge in [-0.15, -0.1) is 0 Å². The van der Waals surface area contributed by atoms with Gasteiger partial charge in [0, 0.05) is 22.5 Å². The summed E-state index contributed by atoms with van der Waals surface area (Å²) in [5.74, 6) is 1.09. The van der Waals surface area contributed by atoms with Crippen molar-refractivity contribution in [3.63, 3.8) is 0 Å². The molecule has 0 spiro atoms. The van der Waals surface area contributed by atoms with E-state index in [0.29, 0.717) is 30.5 Å². The van der Waals surface area contributed by atoms with Crippen LogP contribution in [0.5, 0.6) is 0 Å². The Bertz CT molecular complexity index is 992. The molecule has 1 saturated heterocycles. The minimum Gasteiger partial charge on any atom is -0.344 e. The number of hydrogen-bond acceptors (Lipinski definition) is 4. The predicted octanol–water partition coefficient (Wildman–Crippen LogP) is 5.79. The number of rotatable bonds is 3. The van der Waals surface area contributed by atoms with Gasteiger partial charge in [-0.05, 0) is 41.3 Å². The lowest BCUT2D eigenvalue weighted by Crippen LogP contribution is -2.47. The first-order valence-electron chi connectivity index (χ1n) is 9.65. The largest absolute Gasteiger partial charge is 0.344 e. The molecule has 29 heavy (non-hydrogen) atoms. The highest BCUT2D eigenvalue weighted by Crippen LogP contribution is 2.43. The number of thioether (sulfide) groups is 1. The molecule has 2 aliphatic heterocycles. The molecule has 0 saturated carbocycles. The summed E-state index contributed by atoms with van der Waals surface area (Å²) in [6.07, 6.45) is 0.335. The summed E-state index contributed by atoms with van der Waals surface area (Å²) in [6.45, 7) is 4.80. The summed E-state index contributed by atoms with van der Waals surface area (Å²) in [6, 6.07) is 18.9. The second-order valence-corrected chi connectivity index (χ2v) is 9.51. The van der Waals surface area contributed by atoms with E-state index in [4.69, 9.17) is 0 Å². The van der Waals surface area contributed by atoms with E-state index in [2.05, 4.69) is 65.0 Å². The normalized spacial score (nSPS) is 19.4. The molecule has 0 bridgehead atoms. The van der Waals surface area contributed by atoms with Gasteiger partial charge >= 0.3 is 0 Å². The quantitative estimate of drug-likeness (QED) is 0.572. The third-order valence-electron chi connectivity index (χ3n) is 5.49. The molecule has 0 aliphatic carbocycles. The van der Waals surface area contributed by atoms with Crippen molar-refractivity contribution in [1.29, 1.82) is 5.26 Å². The second kappa shape index (κ2) is 8.25. The molecule has 1 fully saturated rings. The molecule has 1 atom stereocenters. The smallest absolute Gasteiger partial charge is 0.229 e. The van der Waals surface area contributed by atoms with Gasteiger partial charge in [-0.1, -0.05) is 65.8 Å². The molecule has 6 heteroatoms. The Balaban J connectivity index is 1.63. The molecule has 0 radical (unpaired) electrons. The van der Waals surface area contributed by atoms with Crippen molar-refractivity contribution in [3.8, 4) is 6.07 Å². The molecule has 4 nitrogen and oxygen atoms in total. The van der Waals surface area contributed by atoms with E-state index in [0.717, 1.165) is 20.8 Å². The van der Waals surface area contributed by atoms with Crippen LogP contribution in [0.2, 0.25) is 0 Å². The van der Waals surface area contributed by atoms with Crippen molar-refractivity contribution in [2.24, 2.45) is 0 Å². The van der Waals surface area contributed by atoms with Crippen LogP contribution in [-0.4, -0.2) is 23.4 Å². The number of halogens is 1. The predicted molar refractivity (Wildman–Crippen MR) is 121 cm³/mol. The minimum absolute atomic E-state index is 0.0752. The zero-order valence-corrected chi connectivity index (χ0v) is 18.8. The Hall–Kier alpha value is -2.23. The molecule has 2 heterocycles. The summed E-state index contributed by atoms with van der Waals surface area (Å²) in [5.41, 5.74) is 4.09. The van der Waals surface area contributed by atoms with Crippen LogP contribution in [0.3, 0.4) is 0 Å². The highest BCUT2D eigenvalue weighted by Gasteiger charge is 2.38. The fraction of sp³-hybridized carbons (Fsp3) is 0.304. The van der Waals surface area contributed by atoms with Crippen LogP contribution in [-0.2, 0) is 4.79 Å². The maximum atomic E-state index is 13.0. The Morgan fingerprint density at radius 2 is 1.83 bits per heavy atom. The molecular weight excluding hydrogens is 446 g/mol.